The van der Waals surface area contributed by atoms with Crippen LogP contribution >= 0.6 is 0 Å². The summed E-state index contributed by atoms with van der Waals surface area (Å²) in [5.41, 5.74) is 0.633. The number of rotatable bonds is 4. The zero-order valence-electron chi connectivity index (χ0n) is 12.6. The molecule has 0 aliphatic heterocycles. The second kappa shape index (κ2) is 6.23. The first kappa shape index (κ1) is 15.9. The molecule has 0 fully saturated rings. The number of fused-ring (bicyclic) bond motifs is 1. The Morgan fingerprint density at radius 1 is 1.12 bits per heavy atom. The Bertz CT molecular complexity index is 943. The van der Waals surface area contributed by atoms with Gasteiger partial charge in [-0.15, -0.1) is 0 Å². The van der Waals surface area contributed by atoms with Gasteiger partial charge in [0.05, 0.1) is 5.56 Å². The van der Waals surface area contributed by atoms with Gasteiger partial charge >= 0.3 is 5.97 Å². The number of halogens is 2. The maximum Gasteiger partial charge on any atom is 0.375 e. The lowest BCUT2D eigenvalue weighted by molar-refractivity contribution is 0.0444. The molecule has 1 heterocycles. The summed E-state index contributed by atoms with van der Waals surface area (Å²) in [7, 11) is 0. The van der Waals surface area contributed by atoms with Crippen LogP contribution < -0.4 is 0 Å². The minimum Gasteiger partial charge on any atom is -0.451 e. The van der Waals surface area contributed by atoms with E-state index in [-0.39, 0.29) is 5.76 Å². The minimum absolute atomic E-state index is 0.0243. The Morgan fingerprint density at radius 2 is 1.88 bits per heavy atom. The lowest BCUT2D eigenvalue weighted by atomic mass is 10.1. The SMILES string of the molecule is Cc1c(C(=O)OCC(=O)c2cc(F)ccc2F)oc2ccccc12. The predicted molar refractivity (Wildman–Crippen MR) is 81.9 cm³/mol. The molecule has 0 saturated carbocycles. The quantitative estimate of drug-likeness (QED) is 0.535. The number of benzene rings is 2. The van der Waals surface area contributed by atoms with Gasteiger partial charge in [0.2, 0.25) is 11.5 Å². The summed E-state index contributed by atoms with van der Waals surface area (Å²) < 4.78 is 36.9. The Kier molecular flexibility index (Phi) is 4.12. The van der Waals surface area contributed by atoms with E-state index in [0.717, 1.165) is 23.6 Å². The lowest BCUT2D eigenvalue weighted by Crippen LogP contribution is -2.15. The molecule has 1 aromatic heterocycles. The molecule has 0 aliphatic carbocycles. The summed E-state index contributed by atoms with van der Waals surface area (Å²) in [4.78, 5) is 24.0. The molecule has 0 unspecified atom stereocenters. The van der Waals surface area contributed by atoms with E-state index in [0.29, 0.717) is 11.1 Å². The van der Waals surface area contributed by atoms with E-state index in [4.69, 9.17) is 9.15 Å². The van der Waals surface area contributed by atoms with Crippen molar-refractivity contribution in [2.45, 2.75) is 6.92 Å². The fourth-order valence-electron chi connectivity index (χ4n) is 2.35. The van der Waals surface area contributed by atoms with Crippen molar-refractivity contribution in [3.8, 4) is 0 Å². The van der Waals surface area contributed by atoms with Gasteiger partial charge in [0, 0.05) is 10.9 Å². The fraction of sp³-hybridized carbons (Fsp3) is 0.111. The molecule has 0 radical (unpaired) electrons. The molecule has 4 nitrogen and oxygen atoms in total. The monoisotopic (exact) mass is 330 g/mol. The number of hydrogen-bond donors (Lipinski definition) is 0. The number of para-hydroxylation sites is 1. The van der Waals surface area contributed by atoms with Crippen LogP contribution in [0.5, 0.6) is 0 Å². The number of ketones is 1. The van der Waals surface area contributed by atoms with Crippen LogP contribution in [0.25, 0.3) is 11.0 Å². The van der Waals surface area contributed by atoms with E-state index in [9.17, 15) is 18.4 Å². The largest absolute Gasteiger partial charge is 0.451 e. The highest BCUT2D eigenvalue weighted by Crippen LogP contribution is 2.25. The predicted octanol–water partition coefficient (Wildman–Crippen LogP) is 4.06. The van der Waals surface area contributed by atoms with E-state index < -0.39 is 35.6 Å². The number of hydrogen-bond acceptors (Lipinski definition) is 4. The smallest absolute Gasteiger partial charge is 0.375 e. The first-order valence-electron chi connectivity index (χ1n) is 7.11. The molecule has 24 heavy (non-hydrogen) atoms. The summed E-state index contributed by atoms with van der Waals surface area (Å²) in [6.07, 6.45) is 0. The van der Waals surface area contributed by atoms with Crippen LogP contribution in [0.15, 0.2) is 46.9 Å². The summed E-state index contributed by atoms with van der Waals surface area (Å²) in [6.45, 7) is 0.978. The third-order valence-electron chi connectivity index (χ3n) is 3.59. The number of carbonyl (C=O) groups is 2. The van der Waals surface area contributed by atoms with Gasteiger partial charge in [0.1, 0.15) is 17.2 Å². The van der Waals surface area contributed by atoms with Crippen molar-refractivity contribution in [3.05, 3.63) is 71.0 Å². The first-order valence-corrected chi connectivity index (χ1v) is 7.11. The molecule has 0 atom stereocenters. The number of furan rings is 1. The lowest BCUT2D eigenvalue weighted by Gasteiger charge is -2.04. The number of Topliss-reactive ketones (excluding diaryl/α,β-unsaturated/α-hetero) is 1. The molecule has 0 saturated heterocycles. The molecular formula is C18H12F2O4. The zero-order valence-corrected chi connectivity index (χ0v) is 12.6. The van der Waals surface area contributed by atoms with E-state index in [2.05, 4.69) is 0 Å². The third-order valence-corrected chi connectivity index (χ3v) is 3.59. The highest BCUT2D eigenvalue weighted by Gasteiger charge is 2.21. The Hall–Kier alpha value is -3.02. The van der Waals surface area contributed by atoms with Gasteiger partial charge in [-0.25, -0.2) is 13.6 Å². The van der Waals surface area contributed by atoms with E-state index >= 15 is 0 Å². The Morgan fingerprint density at radius 3 is 2.62 bits per heavy atom. The van der Waals surface area contributed by atoms with Crippen molar-refractivity contribution in [2.24, 2.45) is 0 Å². The van der Waals surface area contributed by atoms with Crippen LogP contribution in [-0.2, 0) is 4.74 Å². The van der Waals surface area contributed by atoms with Crippen LogP contribution in [0.3, 0.4) is 0 Å². The van der Waals surface area contributed by atoms with Crippen LogP contribution in [0.2, 0.25) is 0 Å². The van der Waals surface area contributed by atoms with Gasteiger partial charge in [-0.3, -0.25) is 4.79 Å². The maximum absolute atomic E-state index is 13.5. The molecule has 0 spiro atoms. The van der Waals surface area contributed by atoms with Gasteiger partial charge in [-0.2, -0.15) is 0 Å². The molecule has 0 bridgehead atoms. The molecule has 6 heteroatoms. The summed E-state index contributed by atoms with van der Waals surface area (Å²) in [5.74, 6) is -3.33. The molecule has 2 aromatic carbocycles. The highest BCUT2D eigenvalue weighted by molar-refractivity contribution is 6.00. The van der Waals surface area contributed by atoms with Crippen LogP contribution in [-0.4, -0.2) is 18.4 Å². The number of carbonyl (C=O) groups excluding carboxylic acids is 2. The van der Waals surface area contributed by atoms with E-state index in [1.165, 1.54) is 0 Å². The van der Waals surface area contributed by atoms with Gasteiger partial charge in [-0.05, 0) is 31.2 Å². The second-order valence-corrected chi connectivity index (χ2v) is 5.18. The number of esters is 1. The molecular weight excluding hydrogens is 318 g/mol. The normalized spacial score (nSPS) is 10.8. The summed E-state index contributed by atoms with van der Waals surface area (Å²) in [6, 6.07) is 9.55. The summed E-state index contributed by atoms with van der Waals surface area (Å²) in [5, 5.41) is 0.756. The molecule has 0 N–H and O–H groups in total. The maximum atomic E-state index is 13.5. The molecule has 122 valence electrons. The number of ether oxygens (including phenoxy) is 1. The van der Waals surface area contributed by atoms with Crippen molar-refractivity contribution < 1.29 is 27.5 Å². The van der Waals surface area contributed by atoms with E-state index in [1.807, 2.05) is 0 Å². The van der Waals surface area contributed by atoms with Crippen molar-refractivity contribution in [2.75, 3.05) is 6.61 Å². The summed E-state index contributed by atoms with van der Waals surface area (Å²) >= 11 is 0. The Labute approximate surface area is 135 Å². The average Bonchev–Trinajstić information content (AvgIpc) is 2.92. The van der Waals surface area contributed by atoms with Crippen LogP contribution in [0, 0.1) is 18.6 Å². The molecule has 0 amide bonds. The van der Waals surface area contributed by atoms with Gasteiger partial charge < -0.3 is 9.15 Å². The van der Waals surface area contributed by atoms with Crippen molar-refractivity contribution in [1.29, 1.82) is 0 Å². The van der Waals surface area contributed by atoms with Crippen molar-refractivity contribution in [1.82, 2.24) is 0 Å². The van der Waals surface area contributed by atoms with Gasteiger partial charge in [0.15, 0.2) is 6.61 Å². The third kappa shape index (κ3) is 2.90. The van der Waals surface area contributed by atoms with Crippen LogP contribution in [0.4, 0.5) is 8.78 Å². The molecule has 3 rings (SSSR count). The highest BCUT2D eigenvalue weighted by atomic mass is 19.1. The van der Waals surface area contributed by atoms with Crippen molar-refractivity contribution >= 4 is 22.7 Å². The molecule has 0 aliphatic rings. The second-order valence-electron chi connectivity index (χ2n) is 5.18. The standard InChI is InChI=1S/C18H12F2O4/c1-10-12-4-2-3-5-16(12)24-17(10)18(22)23-9-15(21)13-8-11(19)6-7-14(13)20/h2-8H,9H2,1H3. The van der Waals surface area contributed by atoms with Crippen LogP contribution in [0.1, 0.15) is 26.5 Å². The molecule has 3 aromatic rings. The van der Waals surface area contributed by atoms with Gasteiger partial charge in [0.25, 0.3) is 0 Å². The first-order chi connectivity index (χ1) is 11.5. The average molecular weight is 330 g/mol. The number of aryl methyl sites for hydroxylation is 1. The van der Waals surface area contributed by atoms with Crippen molar-refractivity contribution in [3.63, 3.8) is 0 Å². The van der Waals surface area contributed by atoms with E-state index in [1.54, 1.807) is 31.2 Å². The Balaban J connectivity index is 1.76. The van der Waals surface area contributed by atoms with Gasteiger partial charge in [-0.1, -0.05) is 18.2 Å². The topological polar surface area (TPSA) is 56.5 Å². The zero-order chi connectivity index (χ0) is 17.3. The fourth-order valence-corrected chi connectivity index (χ4v) is 2.35. The minimum atomic E-state index is -0.877.